The van der Waals surface area contributed by atoms with Gasteiger partial charge in [-0.05, 0) is 0 Å². The van der Waals surface area contributed by atoms with Gasteiger partial charge in [0, 0.05) is 0 Å². The highest BCUT2D eigenvalue weighted by Gasteiger charge is 2.32. The first-order chi connectivity index (χ1) is 8.32. The third-order valence-electron chi connectivity index (χ3n) is 1.87. The number of esters is 1. The lowest BCUT2D eigenvalue weighted by Gasteiger charge is -2.07. The van der Waals surface area contributed by atoms with Crippen LogP contribution in [0.5, 0.6) is 0 Å². The van der Waals surface area contributed by atoms with E-state index in [1.165, 1.54) is 0 Å². The van der Waals surface area contributed by atoms with E-state index in [1.54, 1.807) is 0 Å². The number of ether oxygens (including phenoxy) is 1. The molecular weight excluding hydrogens is 260 g/mol. The minimum Gasteiger partial charge on any atom is -0.477 e. The second-order valence-corrected chi connectivity index (χ2v) is 2.88. The number of hydrogen-bond donors (Lipinski definition) is 1. The number of benzene rings is 1. The molecule has 0 aliphatic carbocycles. The Hall–Kier alpha value is -2.38. The minimum atomic E-state index is -2.22. The molecule has 0 heterocycles. The van der Waals surface area contributed by atoms with E-state index >= 15 is 0 Å². The monoisotopic (exact) mass is 264 g/mol. The summed E-state index contributed by atoms with van der Waals surface area (Å²) in [6.45, 7) is 2.91. The first-order valence-electron chi connectivity index (χ1n) is 4.24. The molecule has 18 heavy (non-hydrogen) atoms. The van der Waals surface area contributed by atoms with Crippen molar-refractivity contribution in [1.29, 1.82) is 0 Å². The molecule has 96 valence electrons. The Kier molecular flexibility index (Phi) is 3.70. The first-order valence-corrected chi connectivity index (χ1v) is 4.24. The summed E-state index contributed by atoms with van der Waals surface area (Å²) in [6, 6.07) is 0. The van der Waals surface area contributed by atoms with Crippen molar-refractivity contribution in [2.45, 2.75) is 0 Å². The Labute approximate surface area is 97.1 Å². The van der Waals surface area contributed by atoms with Crippen LogP contribution in [0.4, 0.5) is 17.6 Å². The molecule has 4 nitrogen and oxygen atoms in total. The van der Waals surface area contributed by atoms with E-state index in [4.69, 9.17) is 5.11 Å². The Balaban J connectivity index is 3.63. The van der Waals surface area contributed by atoms with E-state index in [2.05, 4.69) is 11.3 Å². The molecule has 1 rings (SSSR count). The van der Waals surface area contributed by atoms with Crippen molar-refractivity contribution in [1.82, 2.24) is 0 Å². The number of halogens is 4. The molecule has 0 saturated heterocycles. The van der Waals surface area contributed by atoms with Gasteiger partial charge in [0.05, 0.1) is 6.26 Å². The van der Waals surface area contributed by atoms with E-state index in [1.807, 2.05) is 0 Å². The fourth-order valence-corrected chi connectivity index (χ4v) is 1.13. The standard InChI is InChI=1S/C10H4F4O4/c1-2-18-10(17)4-7(13)5(11)3(9(15)16)6(12)8(4)14/h2H,1H2,(H,15,16). The van der Waals surface area contributed by atoms with Gasteiger partial charge in [0.15, 0.2) is 23.3 Å². The van der Waals surface area contributed by atoms with Gasteiger partial charge >= 0.3 is 11.9 Å². The van der Waals surface area contributed by atoms with Gasteiger partial charge in [-0.2, -0.15) is 0 Å². The number of hydrogen-bond acceptors (Lipinski definition) is 3. The fourth-order valence-electron chi connectivity index (χ4n) is 1.13. The number of carboxylic acids is 1. The zero-order valence-corrected chi connectivity index (χ0v) is 8.47. The fraction of sp³-hybridized carbons (Fsp3) is 0. The minimum absolute atomic E-state index is 0.488. The molecule has 0 saturated carbocycles. The molecule has 0 aromatic heterocycles. The number of carboxylic acid groups (broad SMARTS) is 1. The summed E-state index contributed by atoms with van der Waals surface area (Å²) in [5.41, 5.74) is -3.50. The summed E-state index contributed by atoms with van der Waals surface area (Å²) in [6.07, 6.45) is 0.488. The van der Waals surface area contributed by atoms with Crippen molar-refractivity contribution in [2.75, 3.05) is 0 Å². The van der Waals surface area contributed by atoms with Crippen molar-refractivity contribution in [3.05, 3.63) is 47.2 Å². The van der Waals surface area contributed by atoms with Crippen LogP contribution in [-0.4, -0.2) is 17.0 Å². The topological polar surface area (TPSA) is 63.6 Å². The molecular formula is C10H4F4O4. The van der Waals surface area contributed by atoms with Crippen LogP contribution in [0.1, 0.15) is 20.7 Å². The summed E-state index contributed by atoms with van der Waals surface area (Å²) < 4.78 is 56.8. The smallest absolute Gasteiger partial charge is 0.349 e. The Bertz CT molecular complexity index is 524. The van der Waals surface area contributed by atoms with Crippen molar-refractivity contribution in [2.24, 2.45) is 0 Å². The Morgan fingerprint density at radius 3 is 1.72 bits per heavy atom. The highest BCUT2D eigenvalue weighted by Crippen LogP contribution is 2.24. The van der Waals surface area contributed by atoms with Gasteiger partial charge in [-0.1, -0.05) is 6.58 Å². The van der Waals surface area contributed by atoms with Crippen LogP contribution in [-0.2, 0) is 4.74 Å². The maximum Gasteiger partial charge on any atom is 0.349 e. The molecule has 0 aliphatic rings. The van der Waals surface area contributed by atoms with E-state index in [0.717, 1.165) is 0 Å². The zero-order valence-electron chi connectivity index (χ0n) is 8.47. The van der Waals surface area contributed by atoms with Crippen LogP contribution < -0.4 is 0 Å². The summed E-state index contributed by atoms with van der Waals surface area (Å²) in [7, 11) is 0. The molecule has 0 radical (unpaired) electrons. The molecule has 1 aromatic carbocycles. The van der Waals surface area contributed by atoms with Gasteiger partial charge in [0.2, 0.25) is 0 Å². The van der Waals surface area contributed by atoms with Gasteiger partial charge in [-0.3, -0.25) is 0 Å². The normalized spacial score (nSPS) is 10.0. The van der Waals surface area contributed by atoms with Gasteiger partial charge in [-0.15, -0.1) is 0 Å². The van der Waals surface area contributed by atoms with E-state index in [9.17, 15) is 27.2 Å². The quantitative estimate of drug-likeness (QED) is 0.393. The second kappa shape index (κ2) is 4.86. The molecule has 8 heteroatoms. The van der Waals surface area contributed by atoms with Crippen molar-refractivity contribution < 1.29 is 37.0 Å². The Morgan fingerprint density at radius 1 is 1.00 bits per heavy atom. The van der Waals surface area contributed by atoms with E-state index in [-0.39, 0.29) is 0 Å². The highest BCUT2D eigenvalue weighted by atomic mass is 19.2. The van der Waals surface area contributed by atoms with Gasteiger partial charge in [-0.25, -0.2) is 27.2 Å². The third-order valence-corrected chi connectivity index (χ3v) is 1.87. The molecule has 0 amide bonds. The van der Waals surface area contributed by atoms with Crippen LogP contribution in [0.2, 0.25) is 0 Å². The summed E-state index contributed by atoms with van der Waals surface area (Å²) in [5, 5.41) is 8.38. The van der Waals surface area contributed by atoms with Crippen molar-refractivity contribution in [3.8, 4) is 0 Å². The highest BCUT2D eigenvalue weighted by molar-refractivity contribution is 5.94. The van der Waals surface area contributed by atoms with Gasteiger partial charge in [0.25, 0.3) is 0 Å². The van der Waals surface area contributed by atoms with E-state index in [0.29, 0.717) is 6.26 Å². The lowest BCUT2D eigenvalue weighted by molar-refractivity contribution is 0.0637. The molecule has 1 N–H and O–H groups in total. The van der Waals surface area contributed by atoms with Crippen LogP contribution in [0.25, 0.3) is 0 Å². The molecule has 0 atom stereocenters. The predicted molar refractivity (Wildman–Crippen MR) is 48.8 cm³/mol. The number of carbonyl (C=O) groups excluding carboxylic acids is 1. The van der Waals surface area contributed by atoms with Crippen molar-refractivity contribution in [3.63, 3.8) is 0 Å². The number of carbonyl (C=O) groups is 2. The van der Waals surface area contributed by atoms with Gasteiger partial charge in [0.1, 0.15) is 11.1 Å². The van der Waals surface area contributed by atoms with Crippen LogP contribution in [0, 0.1) is 23.3 Å². The van der Waals surface area contributed by atoms with Crippen molar-refractivity contribution >= 4 is 11.9 Å². The molecule has 0 aliphatic heterocycles. The number of aromatic carboxylic acids is 1. The first kappa shape index (κ1) is 13.7. The Morgan fingerprint density at radius 2 is 1.39 bits per heavy atom. The predicted octanol–water partition coefficient (Wildman–Crippen LogP) is 2.24. The molecule has 1 aromatic rings. The molecule has 0 fully saturated rings. The molecule has 0 spiro atoms. The van der Waals surface area contributed by atoms with Crippen LogP contribution >= 0.6 is 0 Å². The average Bonchev–Trinajstić information content (AvgIpc) is 2.27. The number of rotatable bonds is 3. The molecule has 0 bridgehead atoms. The zero-order chi connectivity index (χ0) is 14.0. The lowest BCUT2D eigenvalue weighted by Crippen LogP contribution is -2.16. The SMILES string of the molecule is C=COC(=O)c1c(F)c(F)c(C(=O)O)c(F)c1F. The van der Waals surface area contributed by atoms with Crippen LogP contribution in [0.15, 0.2) is 12.8 Å². The second-order valence-electron chi connectivity index (χ2n) is 2.88. The van der Waals surface area contributed by atoms with E-state index < -0.39 is 46.3 Å². The summed E-state index contributed by atoms with van der Waals surface area (Å²) in [5.74, 6) is -12.7. The lowest BCUT2D eigenvalue weighted by atomic mass is 10.1. The maximum absolute atomic E-state index is 13.3. The maximum atomic E-state index is 13.3. The average molecular weight is 264 g/mol. The largest absolute Gasteiger partial charge is 0.477 e. The van der Waals surface area contributed by atoms with Crippen LogP contribution in [0.3, 0.4) is 0 Å². The van der Waals surface area contributed by atoms with Gasteiger partial charge < -0.3 is 9.84 Å². The third kappa shape index (κ3) is 2.04. The molecule has 0 unspecified atom stereocenters. The summed E-state index contributed by atoms with van der Waals surface area (Å²) >= 11 is 0. The summed E-state index contributed by atoms with van der Waals surface area (Å²) in [4.78, 5) is 21.4.